The molecule has 1 aromatic heterocycles. The van der Waals surface area contributed by atoms with Crippen molar-refractivity contribution < 1.29 is 19.1 Å². The van der Waals surface area contributed by atoms with Gasteiger partial charge in [0.2, 0.25) is 0 Å². The van der Waals surface area contributed by atoms with Crippen molar-refractivity contribution in [1.82, 2.24) is 4.98 Å². The molecule has 6 nitrogen and oxygen atoms in total. The van der Waals surface area contributed by atoms with Crippen molar-refractivity contribution in [2.24, 2.45) is 0 Å². The molecule has 0 unspecified atom stereocenters. The first-order chi connectivity index (χ1) is 12.2. The van der Waals surface area contributed by atoms with Gasteiger partial charge in [-0.1, -0.05) is 50.3 Å². The molecule has 2 aromatic rings. The van der Waals surface area contributed by atoms with Crippen LogP contribution >= 0.6 is 11.3 Å². The molecule has 7 heteroatoms. The SMILES string of the molecule is CCOC(=O)c1sc(NC(=O)COc2ccccc2C(C)(C)C)nc1C. The standard InChI is InChI=1S/C19H24N2O4S/c1-6-24-17(23)16-12(2)20-18(26-16)21-15(22)11-25-14-10-8-7-9-13(14)19(3,4)5/h7-10H,6,11H2,1-5H3,(H,20,21,22). The predicted molar refractivity (Wildman–Crippen MR) is 102 cm³/mol. The van der Waals surface area contributed by atoms with E-state index in [-0.39, 0.29) is 17.9 Å². The van der Waals surface area contributed by atoms with Crippen molar-refractivity contribution in [1.29, 1.82) is 0 Å². The van der Waals surface area contributed by atoms with Crippen molar-refractivity contribution in [3.8, 4) is 5.75 Å². The minimum absolute atomic E-state index is 0.0893. The Kier molecular flexibility index (Phi) is 6.37. The van der Waals surface area contributed by atoms with Gasteiger partial charge in [0, 0.05) is 0 Å². The first-order valence-electron chi connectivity index (χ1n) is 8.39. The van der Waals surface area contributed by atoms with Crippen LogP contribution < -0.4 is 10.1 Å². The van der Waals surface area contributed by atoms with E-state index in [4.69, 9.17) is 9.47 Å². The number of hydrogen-bond acceptors (Lipinski definition) is 6. The molecule has 0 atom stereocenters. The van der Waals surface area contributed by atoms with E-state index in [1.807, 2.05) is 24.3 Å². The van der Waals surface area contributed by atoms with Gasteiger partial charge in [-0.2, -0.15) is 0 Å². The number of anilines is 1. The lowest BCUT2D eigenvalue weighted by Gasteiger charge is -2.22. The van der Waals surface area contributed by atoms with Crippen LogP contribution in [0.4, 0.5) is 5.13 Å². The number of carbonyl (C=O) groups excluding carboxylic acids is 2. The van der Waals surface area contributed by atoms with E-state index in [1.54, 1.807) is 13.8 Å². The Bertz CT molecular complexity index is 793. The molecule has 0 aliphatic heterocycles. The largest absolute Gasteiger partial charge is 0.483 e. The van der Waals surface area contributed by atoms with E-state index in [1.165, 1.54) is 0 Å². The van der Waals surface area contributed by atoms with Gasteiger partial charge in [-0.3, -0.25) is 10.1 Å². The Balaban J connectivity index is 2.01. The van der Waals surface area contributed by atoms with Crippen molar-refractivity contribution in [2.45, 2.75) is 40.0 Å². The number of aromatic nitrogens is 1. The number of benzene rings is 1. The Hall–Kier alpha value is -2.41. The predicted octanol–water partition coefficient (Wildman–Crippen LogP) is 3.94. The number of ether oxygens (including phenoxy) is 2. The van der Waals surface area contributed by atoms with E-state index >= 15 is 0 Å². The summed E-state index contributed by atoms with van der Waals surface area (Å²) in [6.07, 6.45) is 0. The van der Waals surface area contributed by atoms with Gasteiger partial charge in [0.15, 0.2) is 11.7 Å². The van der Waals surface area contributed by atoms with Gasteiger partial charge < -0.3 is 9.47 Å². The monoisotopic (exact) mass is 376 g/mol. The highest BCUT2D eigenvalue weighted by Gasteiger charge is 2.20. The highest BCUT2D eigenvalue weighted by atomic mass is 32.1. The van der Waals surface area contributed by atoms with Gasteiger partial charge >= 0.3 is 5.97 Å². The third-order valence-electron chi connectivity index (χ3n) is 3.56. The fourth-order valence-electron chi connectivity index (χ4n) is 2.35. The molecule has 0 aliphatic rings. The maximum absolute atomic E-state index is 12.2. The second-order valence-electron chi connectivity index (χ2n) is 6.74. The number of esters is 1. The Labute approximate surface area is 157 Å². The van der Waals surface area contributed by atoms with Gasteiger partial charge in [0.1, 0.15) is 10.6 Å². The summed E-state index contributed by atoms with van der Waals surface area (Å²) in [5.74, 6) is -0.0890. The molecule has 140 valence electrons. The third-order valence-corrected chi connectivity index (χ3v) is 4.61. The number of para-hydroxylation sites is 1. The second-order valence-corrected chi connectivity index (χ2v) is 7.74. The molecular weight excluding hydrogens is 352 g/mol. The highest BCUT2D eigenvalue weighted by Crippen LogP contribution is 2.31. The van der Waals surface area contributed by atoms with Crippen LogP contribution in [0.2, 0.25) is 0 Å². The fraction of sp³-hybridized carbons (Fsp3) is 0.421. The third kappa shape index (κ3) is 5.05. The number of nitrogens with one attached hydrogen (secondary N) is 1. The van der Waals surface area contributed by atoms with E-state index in [0.717, 1.165) is 16.9 Å². The van der Waals surface area contributed by atoms with Crippen molar-refractivity contribution in [3.63, 3.8) is 0 Å². The molecule has 0 saturated carbocycles. The van der Waals surface area contributed by atoms with Crippen LogP contribution in [0, 0.1) is 6.92 Å². The van der Waals surface area contributed by atoms with Gasteiger partial charge in [-0.15, -0.1) is 0 Å². The molecule has 1 N–H and O–H groups in total. The quantitative estimate of drug-likeness (QED) is 0.773. The average molecular weight is 376 g/mol. The molecule has 1 heterocycles. The first-order valence-corrected chi connectivity index (χ1v) is 9.20. The number of amides is 1. The summed E-state index contributed by atoms with van der Waals surface area (Å²) < 4.78 is 10.7. The maximum Gasteiger partial charge on any atom is 0.350 e. The molecule has 0 bridgehead atoms. The van der Waals surface area contributed by atoms with Crippen molar-refractivity contribution in [2.75, 3.05) is 18.5 Å². The topological polar surface area (TPSA) is 77.5 Å². The number of rotatable bonds is 6. The van der Waals surface area contributed by atoms with Crippen LogP contribution in [0.25, 0.3) is 0 Å². The minimum Gasteiger partial charge on any atom is -0.483 e. The van der Waals surface area contributed by atoms with Crippen molar-refractivity contribution >= 4 is 28.3 Å². The Morgan fingerprint density at radius 2 is 1.92 bits per heavy atom. The number of aryl methyl sites for hydroxylation is 1. The highest BCUT2D eigenvalue weighted by molar-refractivity contribution is 7.17. The number of nitrogens with zero attached hydrogens (tertiary/aromatic N) is 1. The molecule has 26 heavy (non-hydrogen) atoms. The molecule has 0 fully saturated rings. The van der Waals surface area contributed by atoms with E-state index in [0.29, 0.717) is 28.1 Å². The zero-order chi connectivity index (χ0) is 19.3. The van der Waals surface area contributed by atoms with Gasteiger partial charge in [0.25, 0.3) is 5.91 Å². The summed E-state index contributed by atoms with van der Waals surface area (Å²) in [7, 11) is 0. The van der Waals surface area contributed by atoms with E-state index < -0.39 is 5.97 Å². The molecular formula is C19H24N2O4S. The Morgan fingerprint density at radius 1 is 1.23 bits per heavy atom. The van der Waals surface area contributed by atoms with Gasteiger partial charge in [0.05, 0.1) is 12.3 Å². The molecule has 0 aliphatic carbocycles. The zero-order valence-corrected chi connectivity index (χ0v) is 16.5. The summed E-state index contributed by atoms with van der Waals surface area (Å²) >= 11 is 1.09. The van der Waals surface area contributed by atoms with Crippen LogP contribution in [0.15, 0.2) is 24.3 Å². The molecule has 0 radical (unpaired) electrons. The summed E-state index contributed by atoms with van der Waals surface area (Å²) in [5.41, 5.74) is 1.47. The molecule has 0 saturated heterocycles. The number of thiazole rings is 1. The summed E-state index contributed by atoms with van der Waals surface area (Å²) in [6, 6.07) is 7.66. The lowest BCUT2D eigenvalue weighted by Crippen LogP contribution is -2.21. The molecule has 1 amide bonds. The van der Waals surface area contributed by atoms with Gasteiger partial charge in [-0.25, -0.2) is 9.78 Å². The summed E-state index contributed by atoms with van der Waals surface area (Å²) in [5, 5.41) is 3.01. The minimum atomic E-state index is -0.432. The lowest BCUT2D eigenvalue weighted by molar-refractivity contribution is -0.118. The molecule has 0 spiro atoms. The molecule has 1 aromatic carbocycles. The molecule has 2 rings (SSSR count). The van der Waals surface area contributed by atoms with Crippen LogP contribution in [-0.2, 0) is 14.9 Å². The fourth-order valence-corrected chi connectivity index (χ4v) is 3.22. The van der Waals surface area contributed by atoms with Crippen LogP contribution in [0.3, 0.4) is 0 Å². The van der Waals surface area contributed by atoms with Crippen LogP contribution in [-0.4, -0.2) is 30.1 Å². The summed E-state index contributed by atoms with van der Waals surface area (Å²) in [6.45, 7) is 9.86. The van der Waals surface area contributed by atoms with Gasteiger partial charge in [-0.05, 0) is 30.9 Å². The Morgan fingerprint density at radius 3 is 2.58 bits per heavy atom. The van der Waals surface area contributed by atoms with Crippen LogP contribution in [0.5, 0.6) is 5.75 Å². The van der Waals surface area contributed by atoms with E-state index in [9.17, 15) is 9.59 Å². The number of carbonyl (C=O) groups is 2. The van der Waals surface area contributed by atoms with Crippen LogP contribution in [0.1, 0.15) is 48.6 Å². The smallest absolute Gasteiger partial charge is 0.350 e. The average Bonchev–Trinajstić information content (AvgIpc) is 2.93. The normalized spacial score (nSPS) is 11.1. The van der Waals surface area contributed by atoms with E-state index in [2.05, 4.69) is 31.1 Å². The lowest BCUT2D eigenvalue weighted by atomic mass is 9.86. The second kappa shape index (κ2) is 8.31. The zero-order valence-electron chi connectivity index (χ0n) is 15.7. The number of hydrogen-bond donors (Lipinski definition) is 1. The van der Waals surface area contributed by atoms with Crippen molar-refractivity contribution in [3.05, 3.63) is 40.4 Å². The maximum atomic E-state index is 12.2. The first kappa shape index (κ1) is 19.9. The summed E-state index contributed by atoms with van der Waals surface area (Å²) in [4.78, 5) is 28.6.